The molecular formula is C10H16ClN3O. The lowest BCUT2D eigenvalue weighted by Gasteiger charge is -2.38. The standard InChI is InChI=1S/C10H16ClN3O/c1-9(2,10(3,4)15)12-8-6-5-7(11)13-14-8/h5-6,15H,1-4H3,(H,12,14). The first kappa shape index (κ1) is 12.2. The number of anilines is 1. The first-order valence-corrected chi connectivity index (χ1v) is 5.10. The molecule has 0 aliphatic carbocycles. The summed E-state index contributed by atoms with van der Waals surface area (Å²) in [5.41, 5.74) is -1.37. The molecule has 1 heterocycles. The quantitative estimate of drug-likeness (QED) is 0.834. The van der Waals surface area contributed by atoms with Crippen molar-refractivity contribution >= 4 is 17.4 Å². The summed E-state index contributed by atoms with van der Waals surface area (Å²) in [4.78, 5) is 0. The lowest BCUT2D eigenvalue weighted by Crippen LogP contribution is -2.51. The highest BCUT2D eigenvalue weighted by Crippen LogP contribution is 2.24. The smallest absolute Gasteiger partial charge is 0.151 e. The van der Waals surface area contributed by atoms with Gasteiger partial charge in [-0.05, 0) is 39.8 Å². The van der Waals surface area contributed by atoms with Crippen LogP contribution in [0.5, 0.6) is 0 Å². The van der Waals surface area contributed by atoms with Gasteiger partial charge in [-0.15, -0.1) is 10.2 Å². The van der Waals surface area contributed by atoms with E-state index in [1.165, 1.54) is 0 Å². The first-order valence-electron chi connectivity index (χ1n) is 4.72. The van der Waals surface area contributed by atoms with Gasteiger partial charge < -0.3 is 10.4 Å². The van der Waals surface area contributed by atoms with Crippen molar-refractivity contribution in [3.63, 3.8) is 0 Å². The van der Waals surface area contributed by atoms with Gasteiger partial charge in [0, 0.05) is 0 Å². The van der Waals surface area contributed by atoms with Crippen LogP contribution in [0.4, 0.5) is 5.82 Å². The van der Waals surface area contributed by atoms with Crippen molar-refractivity contribution in [1.82, 2.24) is 10.2 Å². The number of halogens is 1. The zero-order chi connectivity index (χ0) is 11.7. The Labute approximate surface area is 94.7 Å². The number of hydrogen-bond donors (Lipinski definition) is 2. The van der Waals surface area contributed by atoms with Crippen LogP contribution in [0.2, 0.25) is 5.15 Å². The SMILES string of the molecule is CC(C)(O)C(C)(C)Nc1ccc(Cl)nn1. The molecule has 1 rings (SSSR count). The number of aliphatic hydroxyl groups is 1. The summed E-state index contributed by atoms with van der Waals surface area (Å²) in [5, 5.41) is 21.0. The zero-order valence-corrected chi connectivity index (χ0v) is 10.1. The average molecular weight is 230 g/mol. The van der Waals surface area contributed by atoms with Crippen LogP contribution in [-0.4, -0.2) is 26.4 Å². The molecular weight excluding hydrogens is 214 g/mol. The normalized spacial score (nSPS) is 12.7. The highest BCUT2D eigenvalue weighted by atomic mass is 35.5. The maximum Gasteiger partial charge on any atom is 0.151 e. The lowest BCUT2D eigenvalue weighted by molar-refractivity contribution is 0.0238. The Morgan fingerprint density at radius 2 is 1.80 bits per heavy atom. The zero-order valence-electron chi connectivity index (χ0n) is 9.37. The molecule has 0 aliphatic rings. The summed E-state index contributed by atoms with van der Waals surface area (Å²) < 4.78 is 0. The molecule has 0 saturated heterocycles. The van der Waals surface area contributed by atoms with E-state index in [1.54, 1.807) is 26.0 Å². The fourth-order valence-electron chi connectivity index (χ4n) is 0.856. The van der Waals surface area contributed by atoms with Crippen LogP contribution in [0.1, 0.15) is 27.7 Å². The fraction of sp³-hybridized carbons (Fsp3) is 0.600. The number of nitrogens with zero attached hydrogens (tertiary/aromatic N) is 2. The van der Waals surface area contributed by atoms with Crippen molar-refractivity contribution in [1.29, 1.82) is 0 Å². The predicted molar refractivity (Wildman–Crippen MR) is 61.0 cm³/mol. The largest absolute Gasteiger partial charge is 0.388 e. The van der Waals surface area contributed by atoms with E-state index in [2.05, 4.69) is 15.5 Å². The van der Waals surface area contributed by atoms with Gasteiger partial charge in [0.05, 0.1) is 11.1 Å². The molecule has 0 aliphatic heterocycles. The molecule has 0 amide bonds. The molecule has 0 saturated carbocycles. The van der Waals surface area contributed by atoms with E-state index in [-0.39, 0.29) is 0 Å². The van der Waals surface area contributed by atoms with Gasteiger partial charge in [-0.1, -0.05) is 11.6 Å². The maximum absolute atomic E-state index is 9.92. The van der Waals surface area contributed by atoms with Gasteiger partial charge >= 0.3 is 0 Å². The highest BCUT2D eigenvalue weighted by Gasteiger charge is 2.35. The third kappa shape index (κ3) is 3.04. The number of rotatable bonds is 3. The van der Waals surface area contributed by atoms with E-state index in [9.17, 15) is 5.11 Å². The summed E-state index contributed by atoms with van der Waals surface area (Å²) in [6.07, 6.45) is 0. The number of hydrogen-bond acceptors (Lipinski definition) is 4. The Morgan fingerprint density at radius 3 is 2.20 bits per heavy atom. The average Bonchev–Trinajstić information content (AvgIpc) is 2.06. The van der Waals surface area contributed by atoms with Crippen molar-refractivity contribution in [3.8, 4) is 0 Å². The number of nitrogens with one attached hydrogen (secondary N) is 1. The van der Waals surface area contributed by atoms with Crippen LogP contribution < -0.4 is 5.32 Å². The molecule has 0 aromatic carbocycles. The third-order valence-electron chi connectivity index (χ3n) is 2.60. The molecule has 4 nitrogen and oxygen atoms in total. The highest BCUT2D eigenvalue weighted by molar-refractivity contribution is 6.29. The van der Waals surface area contributed by atoms with Crippen LogP contribution in [0.15, 0.2) is 12.1 Å². The summed E-state index contributed by atoms with van der Waals surface area (Å²) in [5.74, 6) is 0.589. The van der Waals surface area contributed by atoms with Gasteiger partial charge in [0.2, 0.25) is 0 Å². The van der Waals surface area contributed by atoms with Crippen LogP contribution in [0, 0.1) is 0 Å². The second-order valence-corrected chi connectivity index (χ2v) is 4.94. The second kappa shape index (κ2) is 3.94. The minimum absolute atomic E-state index is 0.349. The van der Waals surface area contributed by atoms with Crippen LogP contribution in [-0.2, 0) is 0 Å². The van der Waals surface area contributed by atoms with E-state index >= 15 is 0 Å². The van der Waals surface area contributed by atoms with Crippen molar-refractivity contribution < 1.29 is 5.11 Å². The van der Waals surface area contributed by atoms with E-state index in [4.69, 9.17) is 11.6 Å². The van der Waals surface area contributed by atoms with E-state index < -0.39 is 11.1 Å². The topological polar surface area (TPSA) is 58.0 Å². The molecule has 0 radical (unpaired) electrons. The fourth-order valence-corrected chi connectivity index (χ4v) is 0.957. The lowest BCUT2D eigenvalue weighted by atomic mass is 9.86. The third-order valence-corrected chi connectivity index (χ3v) is 2.80. The molecule has 0 bridgehead atoms. The molecule has 5 heteroatoms. The van der Waals surface area contributed by atoms with E-state index in [1.807, 2.05) is 13.8 Å². The second-order valence-electron chi connectivity index (χ2n) is 4.55. The molecule has 0 unspecified atom stereocenters. The summed E-state index contributed by atoms with van der Waals surface area (Å²) in [7, 11) is 0. The van der Waals surface area contributed by atoms with Crippen molar-refractivity contribution in [2.45, 2.75) is 38.8 Å². The molecule has 84 valence electrons. The van der Waals surface area contributed by atoms with Gasteiger partial charge in [0.1, 0.15) is 5.82 Å². The Balaban J connectivity index is 2.82. The van der Waals surface area contributed by atoms with Crippen LogP contribution in [0.25, 0.3) is 0 Å². The molecule has 1 aromatic rings. The minimum Gasteiger partial charge on any atom is -0.388 e. The summed E-state index contributed by atoms with van der Waals surface area (Å²) in [6, 6.07) is 3.38. The molecule has 0 spiro atoms. The van der Waals surface area contributed by atoms with Gasteiger partial charge in [-0.3, -0.25) is 0 Å². The van der Waals surface area contributed by atoms with Gasteiger partial charge in [-0.25, -0.2) is 0 Å². The Kier molecular flexibility index (Phi) is 3.21. The molecule has 15 heavy (non-hydrogen) atoms. The van der Waals surface area contributed by atoms with Crippen LogP contribution in [0.3, 0.4) is 0 Å². The Hall–Kier alpha value is -0.870. The van der Waals surface area contributed by atoms with Gasteiger partial charge in [-0.2, -0.15) is 0 Å². The molecule has 1 aromatic heterocycles. The summed E-state index contributed by atoms with van der Waals surface area (Å²) >= 11 is 5.62. The van der Waals surface area contributed by atoms with Crippen LogP contribution >= 0.6 is 11.6 Å². The predicted octanol–water partition coefficient (Wildman–Crippen LogP) is 2.09. The van der Waals surface area contributed by atoms with E-state index in [0.717, 1.165) is 0 Å². The van der Waals surface area contributed by atoms with Gasteiger partial charge in [0.25, 0.3) is 0 Å². The minimum atomic E-state index is -0.867. The summed E-state index contributed by atoms with van der Waals surface area (Å²) in [6.45, 7) is 7.26. The molecule has 0 atom stereocenters. The van der Waals surface area contributed by atoms with Gasteiger partial charge in [0.15, 0.2) is 5.15 Å². The monoisotopic (exact) mass is 229 g/mol. The molecule has 0 fully saturated rings. The maximum atomic E-state index is 9.92. The van der Waals surface area contributed by atoms with Crippen molar-refractivity contribution in [3.05, 3.63) is 17.3 Å². The first-order chi connectivity index (χ1) is 6.72. The molecule has 2 N–H and O–H groups in total. The van der Waals surface area contributed by atoms with Crippen molar-refractivity contribution in [2.24, 2.45) is 0 Å². The Bertz CT molecular complexity index is 330. The van der Waals surface area contributed by atoms with Crippen molar-refractivity contribution in [2.75, 3.05) is 5.32 Å². The number of aromatic nitrogens is 2. The van der Waals surface area contributed by atoms with E-state index in [0.29, 0.717) is 11.0 Å². The Morgan fingerprint density at radius 1 is 1.20 bits per heavy atom.